The van der Waals surface area contributed by atoms with Crippen molar-refractivity contribution >= 4 is 34.0 Å². The lowest BCUT2D eigenvalue weighted by Crippen LogP contribution is -2.07. The highest BCUT2D eigenvalue weighted by Gasteiger charge is 2.18. The van der Waals surface area contributed by atoms with E-state index >= 15 is 0 Å². The highest BCUT2D eigenvalue weighted by molar-refractivity contribution is 7.14. The summed E-state index contributed by atoms with van der Waals surface area (Å²) in [6, 6.07) is 9.52. The minimum atomic E-state index is -0.312. The van der Waals surface area contributed by atoms with Gasteiger partial charge >= 0.3 is 5.97 Å². The van der Waals surface area contributed by atoms with Crippen molar-refractivity contribution in [2.45, 2.75) is 38.7 Å². The fourth-order valence-corrected chi connectivity index (χ4v) is 4.33. The Hall–Kier alpha value is -2.47. The van der Waals surface area contributed by atoms with Crippen LogP contribution in [0.15, 0.2) is 30.3 Å². The third-order valence-electron chi connectivity index (χ3n) is 4.46. The summed E-state index contributed by atoms with van der Waals surface area (Å²) < 4.78 is 5.42. The largest absolute Gasteiger partial charge is 0.453 e. The van der Waals surface area contributed by atoms with Crippen LogP contribution in [0.3, 0.4) is 0 Å². The number of carbonyl (C=O) groups excluding carboxylic acids is 1. The molecule has 0 spiro atoms. The molecule has 0 bridgehead atoms. The predicted octanol–water partition coefficient (Wildman–Crippen LogP) is 3.90. The number of esters is 1. The Kier molecular flexibility index (Phi) is 4.36. The molecule has 0 unspecified atom stereocenters. The number of thiophene rings is 1. The summed E-state index contributed by atoms with van der Waals surface area (Å²) in [6.07, 6.45) is 5.79. The molecular weight excluding hydrogens is 334 g/mol. The third-order valence-corrected chi connectivity index (χ3v) is 5.68. The average molecular weight is 353 g/mol. The topological polar surface area (TPSA) is 78.1 Å². The molecule has 0 atom stereocenters. The molecule has 25 heavy (non-hydrogen) atoms. The van der Waals surface area contributed by atoms with E-state index in [1.54, 1.807) is 11.3 Å². The van der Waals surface area contributed by atoms with Crippen LogP contribution in [0, 0.1) is 0 Å². The second-order valence-electron chi connectivity index (χ2n) is 6.24. The Morgan fingerprint density at radius 3 is 2.92 bits per heavy atom. The van der Waals surface area contributed by atoms with Crippen LogP contribution in [-0.2, 0) is 24.2 Å². The smallest absolute Gasteiger partial charge is 0.348 e. The number of nitrogens with zero attached hydrogens (tertiary/aromatic N) is 2. The van der Waals surface area contributed by atoms with Crippen molar-refractivity contribution in [3.8, 4) is 0 Å². The van der Waals surface area contributed by atoms with E-state index in [1.807, 2.05) is 30.3 Å². The van der Waals surface area contributed by atoms with Crippen LogP contribution >= 0.6 is 11.3 Å². The minimum absolute atomic E-state index is 0.0242. The van der Waals surface area contributed by atoms with Crippen molar-refractivity contribution < 1.29 is 9.53 Å². The van der Waals surface area contributed by atoms with Crippen LogP contribution in [0.4, 0.5) is 5.82 Å². The summed E-state index contributed by atoms with van der Waals surface area (Å²) in [6.45, 7) is 0.0242. The summed E-state index contributed by atoms with van der Waals surface area (Å²) in [4.78, 5) is 23.0. The van der Waals surface area contributed by atoms with Gasteiger partial charge in [0, 0.05) is 10.3 Å². The Labute approximate surface area is 149 Å². The quantitative estimate of drug-likeness (QED) is 0.571. The number of hydrogen-bond acceptors (Lipinski definition) is 6. The number of carbonyl (C=O) groups is 1. The van der Waals surface area contributed by atoms with Gasteiger partial charge in [-0.2, -0.15) is 0 Å². The molecule has 128 valence electrons. The number of para-hydroxylation sites is 1. The first-order valence-electron chi connectivity index (χ1n) is 8.50. The highest BCUT2D eigenvalue weighted by Crippen LogP contribution is 2.29. The van der Waals surface area contributed by atoms with Crippen LogP contribution in [0.1, 0.15) is 45.2 Å². The van der Waals surface area contributed by atoms with Gasteiger partial charge in [0.25, 0.3) is 0 Å². The van der Waals surface area contributed by atoms with Crippen molar-refractivity contribution in [1.29, 1.82) is 0 Å². The van der Waals surface area contributed by atoms with Gasteiger partial charge in [-0.1, -0.05) is 18.6 Å². The zero-order chi connectivity index (χ0) is 17.2. The van der Waals surface area contributed by atoms with Gasteiger partial charge in [0.05, 0.1) is 5.52 Å². The van der Waals surface area contributed by atoms with E-state index in [9.17, 15) is 4.79 Å². The first-order valence-corrected chi connectivity index (χ1v) is 9.32. The van der Waals surface area contributed by atoms with Crippen molar-refractivity contribution in [3.05, 3.63) is 51.5 Å². The number of nitrogens with two attached hydrogens (primary N) is 1. The molecule has 1 aliphatic carbocycles. The van der Waals surface area contributed by atoms with Gasteiger partial charge in [0.2, 0.25) is 0 Å². The molecule has 2 N–H and O–H groups in total. The summed E-state index contributed by atoms with van der Waals surface area (Å²) in [5.41, 5.74) is 8.03. The lowest BCUT2D eigenvalue weighted by molar-refractivity contribution is 0.0468. The Balaban J connectivity index is 1.49. The van der Waals surface area contributed by atoms with E-state index in [4.69, 9.17) is 10.5 Å². The number of anilines is 1. The molecule has 0 aliphatic heterocycles. The second kappa shape index (κ2) is 6.80. The van der Waals surface area contributed by atoms with Gasteiger partial charge in [-0.3, -0.25) is 0 Å². The predicted molar refractivity (Wildman–Crippen MR) is 98.6 cm³/mol. The number of aryl methyl sites for hydroxylation is 2. The number of hydrogen-bond donors (Lipinski definition) is 1. The molecule has 1 aromatic carbocycles. The number of rotatable bonds is 3. The van der Waals surface area contributed by atoms with Crippen LogP contribution in [0.25, 0.3) is 10.9 Å². The zero-order valence-electron chi connectivity index (χ0n) is 13.8. The number of ether oxygens (including phenoxy) is 1. The van der Waals surface area contributed by atoms with Gasteiger partial charge in [-0.05, 0) is 49.4 Å². The van der Waals surface area contributed by atoms with Crippen molar-refractivity contribution in [1.82, 2.24) is 9.97 Å². The molecular formula is C19H19N3O2S. The number of aromatic nitrogens is 2. The molecule has 5 nitrogen and oxygen atoms in total. The van der Waals surface area contributed by atoms with Crippen molar-refractivity contribution in [3.63, 3.8) is 0 Å². The van der Waals surface area contributed by atoms with Gasteiger partial charge in [0.15, 0.2) is 12.4 Å². The third kappa shape index (κ3) is 3.35. The number of nitrogen functional groups attached to an aromatic ring is 1. The Morgan fingerprint density at radius 2 is 2.00 bits per heavy atom. The monoisotopic (exact) mass is 353 g/mol. The SMILES string of the molecule is Nc1nc(COC(=O)c2cc3c(s2)CCCCC3)nc2ccccc12. The minimum Gasteiger partial charge on any atom is -0.453 e. The van der Waals surface area contributed by atoms with Crippen LogP contribution in [0.2, 0.25) is 0 Å². The number of benzene rings is 1. The fraction of sp³-hybridized carbons (Fsp3) is 0.316. The zero-order valence-corrected chi connectivity index (χ0v) is 14.6. The Morgan fingerprint density at radius 1 is 1.16 bits per heavy atom. The first-order chi connectivity index (χ1) is 12.2. The number of fused-ring (bicyclic) bond motifs is 2. The Bertz CT molecular complexity index is 912. The molecule has 4 rings (SSSR count). The normalized spacial score (nSPS) is 14.1. The molecule has 0 saturated heterocycles. The molecule has 0 fully saturated rings. The maximum Gasteiger partial charge on any atom is 0.348 e. The average Bonchev–Trinajstić information content (AvgIpc) is 2.90. The van der Waals surface area contributed by atoms with Crippen LogP contribution < -0.4 is 5.73 Å². The molecule has 3 aromatic rings. The standard InChI is InChI=1S/C19H19N3O2S/c20-18-13-7-4-5-8-14(13)21-17(22-18)11-24-19(23)16-10-12-6-2-1-3-9-15(12)25-16/h4-5,7-8,10H,1-3,6,9,11H2,(H2,20,21,22). The summed E-state index contributed by atoms with van der Waals surface area (Å²) in [7, 11) is 0. The molecule has 0 amide bonds. The fourth-order valence-electron chi connectivity index (χ4n) is 3.18. The summed E-state index contributed by atoms with van der Waals surface area (Å²) in [5.74, 6) is 0.510. The summed E-state index contributed by atoms with van der Waals surface area (Å²) >= 11 is 1.56. The van der Waals surface area contributed by atoms with E-state index in [0.29, 0.717) is 16.5 Å². The lowest BCUT2D eigenvalue weighted by Gasteiger charge is -2.06. The second-order valence-corrected chi connectivity index (χ2v) is 7.37. The van der Waals surface area contributed by atoms with E-state index in [1.165, 1.54) is 29.7 Å². The van der Waals surface area contributed by atoms with E-state index < -0.39 is 0 Å². The lowest BCUT2D eigenvalue weighted by atomic mass is 10.1. The van der Waals surface area contributed by atoms with E-state index in [0.717, 1.165) is 23.7 Å². The van der Waals surface area contributed by atoms with E-state index in [-0.39, 0.29) is 12.6 Å². The molecule has 0 saturated carbocycles. The first kappa shape index (κ1) is 16.0. The summed E-state index contributed by atoms with van der Waals surface area (Å²) in [5, 5.41) is 0.805. The van der Waals surface area contributed by atoms with Gasteiger partial charge in [0.1, 0.15) is 10.7 Å². The molecule has 2 aromatic heterocycles. The molecule has 6 heteroatoms. The molecule has 0 radical (unpaired) electrons. The molecule has 2 heterocycles. The van der Waals surface area contributed by atoms with Crippen LogP contribution in [-0.4, -0.2) is 15.9 Å². The molecule has 1 aliphatic rings. The van der Waals surface area contributed by atoms with Gasteiger partial charge in [-0.25, -0.2) is 14.8 Å². The maximum absolute atomic E-state index is 12.4. The van der Waals surface area contributed by atoms with Gasteiger partial charge < -0.3 is 10.5 Å². The highest BCUT2D eigenvalue weighted by atomic mass is 32.1. The maximum atomic E-state index is 12.4. The van der Waals surface area contributed by atoms with Crippen LogP contribution in [0.5, 0.6) is 0 Å². The van der Waals surface area contributed by atoms with Crippen molar-refractivity contribution in [2.75, 3.05) is 5.73 Å². The van der Waals surface area contributed by atoms with Gasteiger partial charge in [-0.15, -0.1) is 11.3 Å². The van der Waals surface area contributed by atoms with E-state index in [2.05, 4.69) is 9.97 Å². The van der Waals surface area contributed by atoms with Crippen molar-refractivity contribution in [2.24, 2.45) is 0 Å².